The molecule has 0 saturated heterocycles. The average molecular weight is 308 g/mol. The number of hydrogen-bond acceptors (Lipinski definition) is 5. The van der Waals surface area contributed by atoms with Crippen molar-refractivity contribution in [1.82, 2.24) is 0 Å². The second-order valence-corrected chi connectivity index (χ2v) is 7.31. The summed E-state index contributed by atoms with van der Waals surface area (Å²) in [6.07, 6.45) is 6.41. The van der Waals surface area contributed by atoms with Gasteiger partial charge in [-0.1, -0.05) is 6.92 Å². The third kappa shape index (κ3) is 3.09. The Hall–Kier alpha value is -1.07. The van der Waals surface area contributed by atoms with Crippen molar-refractivity contribution in [3.63, 3.8) is 0 Å². The summed E-state index contributed by atoms with van der Waals surface area (Å²) < 4.78 is 0. The Balaban J connectivity index is 1.81. The molecule has 21 heavy (non-hydrogen) atoms. The monoisotopic (exact) mass is 308 g/mol. The third-order valence-corrected chi connectivity index (χ3v) is 5.77. The van der Waals surface area contributed by atoms with Gasteiger partial charge >= 0.3 is 0 Å². The molecule has 0 aliphatic heterocycles. The molecular weight excluding hydrogens is 284 g/mol. The Bertz CT molecular complexity index is 529. The number of hydrogen-bond donors (Lipinski definition) is 3. The van der Waals surface area contributed by atoms with E-state index >= 15 is 0 Å². The molecule has 0 spiro atoms. The number of anilines is 2. The van der Waals surface area contributed by atoms with E-state index in [1.165, 1.54) is 29.7 Å². The molecule has 2 fully saturated rings. The molecule has 4 N–H and O–H groups in total. The zero-order valence-electron chi connectivity index (χ0n) is 12.5. The summed E-state index contributed by atoms with van der Waals surface area (Å²) >= 11 is 1.53. The molecule has 4 nitrogen and oxygen atoms in total. The van der Waals surface area contributed by atoms with Gasteiger partial charge in [-0.05, 0) is 44.4 Å². The fraction of sp³-hybridized carbons (Fsp3) is 0.688. The van der Waals surface area contributed by atoms with E-state index in [-0.39, 0.29) is 11.9 Å². The first kappa shape index (κ1) is 14.9. The van der Waals surface area contributed by atoms with Crippen LogP contribution >= 0.6 is 11.3 Å². The molecule has 0 bridgehead atoms. The van der Waals surface area contributed by atoms with Gasteiger partial charge in [-0.15, -0.1) is 11.3 Å². The lowest BCUT2D eigenvalue weighted by Gasteiger charge is -2.27. The molecule has 0 atom stereocenters. The molecule has 116 valence electrons. The van der Waals surface area contributed by atoms with Crippen LogP contribution in [0, 0.1) is 0 Å². The molecule has 1 aromatic heterocycles. The second kappa shape index (κ2) is 5.97. The van der Waals surface area contributed by atoms with Crippen molar-refractivity contribution in [1.29, 1.82) is 0 Å². The predicted octanol–water partition coefficient (Wildman–Crippen LogP) is 3.52. The van der Waals surface area contributed by atoms with Gasteiger partial charge in [0.2, 0.25) is 0 Å². The topological polar surface area (TPSA) is 75.3 Å². The summed E-state index contributed by atoms with van der Waals surface area (Å²) in [5.41, 5.74) is 8.16. The van der Waals surface area contributed by atoms with Crippen LogP contribution < -0.4 is 11.1 Å². The van der Waals surface area contributed by atoms with E-state index in [2.05, 4.69) is 5.32 Å². The second-order valence-electron chi connectivity index (χ2n) is 6.29. The summed E-state index contributed by atoms with van der Waals surface area (Å²) in [4.78, 5) is 12.8. The number of carbonyl (C=O) groups excluding carboxylic acids is 1. The van der Waals surface area contributed by atoms with Crippen molar-refractivity contribution < 1.29 is 9.90 Å². The third-order valence-electron chi connectivity index (χ3n) is 4.58. The molecule has 5 heteroatoms. The van der Waals surface area contributed by atoms with Crippen LogP contribution in [0.3, 0.4) is 0 Å². The lowest BCUT2D eigenvalue weighted by Crippen LogP contribution is -2.28. The molecule has 0 radical (unpaired) electrons. The van der Waals surface area contributed by atoms with Crippen molar-refractivity contribution in [3.05, 3.63) is 10.4 Å². The van der Waals surface area contributed by atoms with E-state index in [1.54, 1.807) is 0 Å². The van der Waals surface area contributed by atoms with Crippen molar-refractivity contribution >= 4 is 27.8 Å². The van der Waals surface area contributed by atoms with Gasteiger partial charge in [0.15, 0.2) is 5.78 Å². The lowest BCUT2D eigenvalue weighted by atomic mass is 9.93. The first-order valence-corrected chi connectivity index (χ1v) is 8.81. The number of carbonyl (C=O) groups is 1. The van der Waals surface area contributed by atoms with Crippen molar-refractivity contribution in [2.75, 3.05) is 11.1 Å². The number of thiophene rings is 1. The van der Waals surface area contributed by atoms with Crippen molar-refractivity contribution in [2.45, 2.75) is 69.9 Å². The maximum Gasteiger partial charge on any atom is 0.174 e. The largest absolute Gasteiger partial charge is 0.397 e. The van der Waals surface area contributed by atoms with E-state index < -0.39 is 0 Å². The molecular formula is C16H24N2O2S. The Kier molecular flexibility index (Phi) is 4.22. The highest BCUT2D eigenvalue weighted by molar-refractivity contribution is 7.18. The van der Waals surface area contributed by atoms with Crippen LogP contribution in [0.25, 0.3) is 0 Å². The predicted molar refractivity (Wildman–Crippen MR) is 87.2 cm³/mol. The number of Topliss-reactive ketones (excluding diaryl/α,β-unsaturated/α-hetero) is 1. The number of aliphatic hydroxyl groups is 1. The fourth-order valence-electron chi connectivity index (χ4n) is 3.11. The first-order chi connectivity index (χ1) is 10.1. The minimum Gasteiger partial charge on any atom is -0.397 e. The van der Waals surface area contributed by atoms with Crippen LogP contribution in [0.2, 0.25) is 0 Å². The maximum absolute atomic E-state index is 12.0. The van der Waals surface area contributed by atoms with E-state index in [4.69, 9.17) is 5.73 Å². The van der Waals surface area contributed by atoms with E-state index in [0.717, 1.165) is 35.6 Å². The van der Waals surface area contributed by atoms with Gasteiger partial charge in [-0.25, -0.2) is 0 Å². The number of nitrogens with two attached hydrogens (primary N) is 1. The van der Waals surface area contributed by atoms with E-state index in [1.807, 2.05) is 6.92 Å². The normalized spacial score (nSPS) is 25.8. The summed E-state index contributed by atoms with van der Waals surface area (Å²) in [6, 6.07) is 0.397. The van der Waals surface area contributed by atoms with E-state index in [0.29, 0.717) is 24.1 Å². The smallest absolute Gasteiger partial charge is 0.174 e. The highest BCUT2D eigenvalue weighted by Gasteiger charge is 2.33. The summed E-state index contributed by atoms with van der Waals surface area (Å²) in [5.74, 6) is 0.683. The first-order valence-electron chi connectivity index (χ1n) is 8.00. The number of nitrogen functional groups attached to an aromatic ring is 1. The Morgan fingerprint density at radius 2 is 1.95 bits per heavy atom. The van der Waals surface area contributed by atoms with E-state index in [9.17, 15) is 9.90 Å². The quantitative estimate of drug-likeness (QED) is 0.728. The van der Waals surface area contributed by atoms with Crippen LogP contribution in [-0.2, 0) is 0 Å². The summed E-state index contributed by atoms with van der Waals surface area (Å²) in [7, 11) is 0. The Labute approximate surface area is 129 Å². The molecule has 2 aliphatic rings. The van der Waals surface area contributed by atoms with Gasteiger partial charge < -0.3 is 16.2 Å². The highest BCUT2D eigenvalue weighted by atomic mass is 32.1. The number of aliphatic hydroxyl groups excluding tert-OH is 1. The van der Waals surface area contributed by atoms with Crippen LogP contribution in [0.15, 0.2) is 0 Å². The highest BCUT2D eigenvalue weighted by Crippen LogP contribution is 2.51. The van der Waals surface area contributed by atoms with Gasteiger partial charge in [0.1, 0.15) is 0 Å². The number of ketones is 1. The van der Waals surface area contributed by atoms with Crippen LogP contribution in [0.4, 0.5) is 10.7 Å². The molecule has 2 aliphatic carbocycles. The minimum absolute atomic E-state index is 0.142. The minimum atomic E-state index is -0.142. The molecule has 0 unspecified atom stereocenters. The zero-order chi connectivity index (χ0) is 15.0. The maximum atomic E-state index is 12.0. The fourth-order valence-corrected chi connectivity index (χ4v) is 4.41. The van der Waals surface area contributed by atoms with Gasteiger partial charge in [-0.3, -0.25) is 4.79 Å². The molecule has 0 aromatic carbocycles. The summed E-state index contributed by atoms with van der Waals surface area (Å²) in [5, 5.41) is 14.3. The van der Waals surface area contributed by atoms with Gasteiger partial charge in [0.25, 0.3) is 0 Å². The van der Waals surface area contributed by atoms with Crippen molar-refractivity contribution in [2.24, 2.45) is 0 Å². The van der Waals surface area contributed by atoms with Gasteiger partial charge in [0.05, 0.1) is 21.7 Å². The Morgan fingerprint density at radius 3 is 2.52 bits per heavy atom. The van der Waals surface area contributed by atoms with Gasteiger partial charge in [0, 0.05) is 18.0 Å². The summed E-state index contributed by atoms with van der Waals surface area (Å²) in [6.45, 7) is 1.88. The number of nitrogens with one attached hydrogen (secondary N) is 1. The number of rotatable bonds is 5. The molecule has 0 amide bonds. The van der Waals surface area contributed by atoms with Gasteiger partial charge in [-0.2, -0.15) is 0 Å². The lowest BCUT2D eigenvalue weighted by molar-refractivity contribution is 0.0992. The zero-order valence-corrected chi connectivity index (χ0v) is 13.3. The molecule has 3 rings (SSSR count). The standard InChI is InChI=1S/C16H24N2O2S/c1-2-12(20)15-14(17)13(9-3-4-9)16(21-15)18-10-5-7-11(19)8-6-10/h9-11,18-19H,2-8,17H2,1H3. The molecule has 1 aromatic rings. The molecule has 2 saturated carbocycles. The van der Waals surface area contributed by atoms with Crippen LogP contribution in [0.1, 0.15) is 73.0 Å². The van der Waals surface area contributed by atoms with Crippen molar-refractivity contribution in [3.8, 4) is 0 Å². The SMILES string of the molecule is CCC(=O)c1sc(NC2CCC(O)CC2)c(C2CC2)c1N. The molecule has 1 heterocycles. The van der Waals surface area contributed by atoms with Crippen LogP contribution in [0.5, 0.6) is 0 Å². The van der Waals surface area contributed by atoms with Crippen LogP contribution in [-0.4, -0.2) is 23.0 Å². The average Bonchev–Trinajstić information content (AvgIpc) is 3.26. The Morgan fingerprint density at radius 1 is 1.29 bits per heavy atom.